The number of aryl methyl sites for hydroxylation is 1. The largest absolute Gasteiger partial charge is 0.322 e. The highest BCUT2D eigenvalue weighted by Gasteiger charge is 2.27. The molecule has 2 aromatic carbocycles. The maximum absolute atomic E-state index is 14.3. The van der Waals surface area contributed by atoms with Gasteiger partial charge in [0, 0.05) is 16.8 Å². The van der Waals surface area contributed by atoms with E-state index in [9.17, 15) is 17.6 Å². The van der Waals surface area contributed by atoms with Gasteiger partial charge in [0.2, 0.25) is 10.0 Å². The van der Waals surface area contributed by atoms with Crippen molar-refractivity contribution in [1.82, 2.24) is 4.72 Å². The van der Waals surface area contributed by atoms with Gasteiger partial charge in [0.1, 0.15) is 5.82 Å². The van der Waals surface area contributed by atoms with Crippen molar-refractivity contribution in [3.05, 3.63) is 58.4 Å². The molecule has 0 heterocycles. The first-order chi connectivity index (χ1) is 13.7. The van der Waals surface area contributed by atoms with Crippen LogP contribution in [-0.4, -0.2) is 20.4 Å². The molecule has 0 aliphatic heterocycles. The molecule has 0 spiro atoms. The zero-order valence-electron chi connectivity index (χ0n) is 16.3. The third kappa shape index (κ3) is 5.15. The highest BCUT2D eigenvalue weighted by molar-refractivity contribution is 7.89. The number of rotatable bonds is 5. The van der Waals surface area contributed by atoms with Crippen molar-refractivity contribution in [2.75, 3.05) is 5.32 Å². The van der Waals surface area contributed by atoms with E-state index in [0.717, 1.165) is 43.4 Å². The maximum Gasteiger partial charge on any atom is 0.258 e. The molecule has 0 radical (unpaired) electrons. The number of hydrogen-bond donors (Lipinski definition) is 2. The molecule has 0 aromatic heterocycles. The summed E-state index contributed by atoms with van der Waals surface area (Å²) in [4.78, 5) is 12.4. The van der Waals surface area contributed by atoms with Gasteiger partial charge in [-0.05, 0) is 61.6 Å². The third-order valence-corrected chi connectivity index (χ3v) is 7.24. The number of hydrogen-bond acceptors (Lipinski definition) is 3. The van der Waals surface area contributed by atoms with Gasteiger partial charge in [0.15, 0.2) is 0 Å². The second kappa shape index (κ2) is 8.81. The minimum absolute atomic E-state index is 0.135. The fourth-order valence-electron chi connectivity index (χ4n) is 3.47. The van der Waals surface area contributed by atoms with Crippen LogP contribution in [0.2, 0.25) is 5.02 Å². The normalized spacial score (nSPS) is 19.7. The van der Waals surface area contributed by atoms with E-state index in [-0.39, 0.29) is 22.4 Å². The van der Waals surface area contributed by atoms with Crippen LogP contribution >= 0.6 is 11.6 Å². The first-order valence-electron chi connectivity index (χ1n) is 9.57. The van der Waals surface area contributed by atoms with Crippen LogP contribution in [-0.2, 0) is 10.0 Å². The van der Waals surface area contributed by atoms with Crippen LogP contribution in [0.5, 0.6) is 0 Å². The molecule has 2 N–H and O–H groups in total. The van der Waals surface area contributed by atoms with Crippen LogP contribution in [0.25, 0.3) is 0 Å². The molecule has 1 aliphatic rings. The molecule has 29 heavy (non-hydrogen) atoms. The summed E-state index contributed by atoms with van der Waals surface area (Å²) in [5.41, 5.74) is 0.889. The molecule has 2 unspecified atom stereocenters. The van der Waals surface area contributed by atoms with Crippen LogP contribution in [0.3, 0.4) is 0 Å². The summed E-state index contributed by atoms with van der Waals surface area (Å²) >= 11 is 6.05. The van der Waals surface area contributed by atoms with Gasteiger partial charge in [-0.25, -0.2) is 17.5 Å². The molecule has 1 saturated carbocycles. The Morgan fingerprint density at radius 3 is 2.55 bits per heavy atom. The van der Waals surface area contributed by atoms with E-state index in [4.69, 9.17) is 11.6 Å². The number of sulfonamides is 1. The van der Waals surface area contributed by atoms with Crippen molar-refractivity contribution >= 4 is 33.2 Å². The Labute approximate surface area is 175 Å². The summed E-state index contributed by atoms with van der Waals surface area (Å²) in [7, 11) is -3.87. The second-order valence-electron chi connectivity index (χ2n) is 7.55. The molecule has 5 nitrogen and oxygen atoms in total. The fraction of sp³-hybridized carbons (Fsp3) is 0.381. The smallest absolute Gasteiger partial charge is 0.258 e. The summed E-state index contributed by atoms with van der Waals surface area (Å²) in [5.74, 6) is -1.32. The van der Waals surface area contributed by atoms with E-state index in [1.165, 1.54) is 6.07 Å². The molecular weight excluding hydrogens is 415 g/mol. The lowest BCUT2D eigenvalue weighted by Crippen LogP contribution is -2.41. The number of nitrogens with one attached hydrogen (secondary N) is 2. The number of carbonyl (C=O) groups is 1. The SMILES string of the molecule is Cc1ccc(NC(=O)c2cc(S(=O)(=O)NC3CCCCC3C)ccc2F)cc1Cl. The Bertz CT molecular complexity index is 1030. The number of anilines is 1. The number of amides is 1. The topological polar surface area (TPSA) is 75.3 Å². The molecule has 156 valence electrons. The van der Waals surface area contributed by atoms with E-state index < -0.39 is 21.7 Å². The first kappa shape index (κ1) is 21.7. The monoisotopic (exact) mass is 438 g/mol. The number of halogens is 2. The standard InChI is InChI=1S/C21H24ClFN2O3S/c1-13-7-8-15(11-18(13)22)24-21(26)17-12-16(9-10-19(17)23)29(27,28)25-20-6-4-3-5-14(20)2/h7-12,14,20,25H,3-6H2,1-2H3,(H,24,26). The van der Waals surface area contributed by atoms with Crippen molar-refractivity contribution in [3.63, 3.8) is 0 Å². The third-order valence-electron chi connectivity index (χ3n) is 5.34. The maximum atomic E-state index is 14.3. The molecular formula is C21H24ClFN2O3S. The summed E-state index contributed by atoms with van der Waals surface area (Å²) in [6, 6.07) is 8.00. The summed E-state index contributed by atoms with van der Waals surface area (Å²) in [6.07, 6.45) is 3.78. The van der Waals surface area contributed by atoms with Gasteiger partial charge >= 0.3 is 0 Å². The highest BCUT2D eigenvalue weighted by atomic mass is 35.5. The Morgan fingerprint density at radius 1 is 1.14 bits per heavy atom. The average molecular weight is 439 g/mol. The van der Waals surface area contributed by atoms with Crippen LogP contribution in [0.1, 0.15) is 48.5 Å². The average Bonchev–Trinajstić information content (AvgIpc) is 2.66. The van der Waals surface area contributed by atoms with Gasteiger partial charge in [-0.2, -0.15) is 0 Å². The van der Waals surface area contributed by atoms with Gasteiger partial charge in [-0.3, -0.25) is 4.79 Å². The lowest BCUT2D eigenvalue weighted by Gasteiger charge is -2.29. The van der Waals surface area contributed by atoms with E-state index >= 15 is 0 Å². The van der Waals surface area contributed by atoms with Crippen molar-refractivity contribution in [2.24, 2.45) is 5.92 Å². The van der Waals surface area contributed by atoms with E-state index in [1.54, 1.807) is 18.2 Å². The predicted molar refractivity (Wildman–Crippen MR) is 112 cm³/mol. The lowest BCUT2D eigenvalue weighted by atomic mass is 9.87. The zero-order chi connectivity index (χ0) is 21.2. The quantitative estimate of drug-likeness (QED) is 0.697. The zero-order valence-corrected chi connectivity index (χ0v) is 17.9. The van der Waals surface area contributed by atoms with Gasteiger partial charge in [-0.15, -0.1) is 0 Å². The molecule has 1 aliphatic carbocycles. The second-order valence-corrected chi connectivity index (χ2v) is 9.67. The molecule has 0 bridgehead atoms. The Hall–Kier alpha value is -1.96. The predicted octanol–water partition coefficient (Wildman–Crippen LogP) is 4.90. The Balaban J connectivity index is 1.83. The molecule has 8 heteroatoms. The van der Waals surface area contributed by atoms with Gasteiger partial charge in [0.05, 0.1) is 10.5 Å². The summed E-state index contributed by atoms with van der Waals surface area (Å²) < 4.78 is 42.6. The first-order valence-corrected chi connectivity index (χ1v) is 11.4. The van der Waals surface area contributed by atoms with Crippen LogP contribution in [0.4, 0.5) is 10.1 Å². The lowest BCUT2D eigenvalue weighted by molar-refractivity contribution is 0.102. The molecule has 2 aromatic rings. The Morgan fingerprint density at radius 2 is 1.86 bits per heavy atom. The Kier molecular flexibility index (Phi) is 6.61. The molecule has 1 fully saturated rings. The van der Waals surface area contributed by atoms with E-state index in [1.807, 2.05) is 13.8 Å². The van der Waals surface area contributed by atoms with Gasteiger partial charge in [-0.1, -0.05) is 37.4 Å². The van der Waals surface area contributed by atoms with Crippen LogP contribution in [0, 0.1) is 18.7 Å². The molecule has 1 amide bonds. The molecule has 3 rings (SSSR count). The van der Waals surface area contributed by atoms with Crippen LogP contribution < -0.4 is 10.0 Å². The van der Waals surface area contributed by atoms with Gasteiger partial charge in [0.25, 0.3) is 5.91 Å². The number of carbonyl (C=O) groups excluding carboxylic acids is 1. The van der Waals surface area contributed by atoms with Crippen molar-refractivity contribution in [1.29, 1.82) is 0 Å². The summed E-state index contributed by atoms with van der Waals surface area (Å²) in [6.45, 7) is 3.84. The van der Waals surface area contributed by atoms with Crippen molar-refractivity contribution in [3.8, 4) is 0 Å². The molecule has 0 saturated heterocycles. The van der Waals surface area contributed by atoms with E-state index in [0.29, 0.717) is 10.7 Å². The summed E-state index contributed by atoms with van der Waals surface area (Å²) in [5, 5.41) is 3.02. The van der Waals surface area contributed by atoms with E-state index in [2.05, 4.69) is 10.0 Å². The van der Waals surface area contributed by atoms with Crippen LogP contribution in [0.15, 0.2) is 41.3 Å². The van der Waals surface area contributed by atoms with Crippen molar-refractivity contribution in [2.45, 2.75) is 50.5 Å². The number of benzene rings is 2. The van der Waals surface area contributed by atoms with Gasteiger partial charge < -0.3 is 5.32 Å². The molecule has 2 atom stereocenters. The minimum atomic E-state index is -3.87. The highest BCUT2D eigenvalue weighted by Crippen LogP contribution is 2.26. The fourth-order valence-corrected chi connectivity index (χ4v) is 5.06. The van der Waals surface area contributed by atoms with Crippen molar-refractivity contribution < 1.29 is 17.6 Å². The minimum Gasteiger partial charge on any atom is -0.322 e.